The highest BCUT2D eigenvalue weighted by Crippen LogP contribution is 2.43. The summed E-state index contributed by atoms with van der Waals surface area (Å²) in [5.41, 5.74) is -6.77. The third-order valence-corrected chi connectivity index (χ3v) is 31.4. The van der Waals surface area contributed by atoms with E-state index in [1.165, 1.54) is 24.3 Å². The standard InChI is InChI=1S/C16H16N2O6S.C13H9N3O5S.C13H10N2O6S.C12H8Cl2O4S.C12H13ClN2O6S.C12H6N4O10S/c1-16(2,3)11-4-7-13(8-5-11)25(23,24)15-9-6-12(17(19)20)10-14(15)18(21)22;17-16(18)10-6-7-11(13-12(10)14-21-15-13)22(19,20)8-9-4-2-1-3-5-9;16-14(17)11-6-7-13(12(8-11)15(18)19)22(20,21)9-10-4-2-1-3-5-10;13-7-1-3-9(15)11(5-7)19(17,18)12-6-8(14)2-4-10(12)16;13-9-3-1-2-4-11(9)22(20,21)12-6-5-8(14(16)17)7-10(12)15(18)19;17-13(18)7-1-3-11(9(5-7)15(21)22)27(25,26)12-4-2-8(14(19)20)6-10(12)16(23)24/h4-10H,1-3H3;1-7H,8H2;1-8H,9H2;1-6,15-16H;5-7,9,11H,1-4H2;1-6H. The molecule has 1 aliphatic rings. The maximum Gasteiger partial charge on any atom is 0.300 e. The Morgan fingerprint density at radius 3 is 0.993 bits per heavy atom. The Labute approximate surface area is 784 Å². The van der Waals surface area contributed by atoms with E-state index in [1.54, 1.807) is 72.8 Å². The van der Waals surface area contributed by atoms with E-state index in [4.69, 9.17) is 34.8 Å². The fourth-order valence-electron chi connectivity index (χ4n) is 12.4. The molecule has 137 heavy (non-hydrogen) atoms. The molecule has 0 aliphatic heterocycles. The zero-order chi connectivity index (χ0) is 102. The molecule has 2 atom stereocenters. The van der Waals surface area contributed by atoms with Gasteiger partial charge in [0.1, 0.15) is 45.8 Å². The number of fused-ring (bicyclic) bond motifs is 1. The van der Waals surface area contributed by atoms with Crippen molar-refractivity contribution in [1.29, 1.82) is 0 Å². The predicted molar refractivity (Wildman–Crippen MR) is 479 cm³/mol. The Morgan fingerprint density at radius 2 is 0.642 bits per heavy atom. The minimum Gasteiger partial charge on any atom is -0.507 e. The second-order valence-corrected chi connectivity index (χ2v) is 42.2. The Bertz CT molecular complexity index is 7460. The van der Waals surface area contributed by atoms with Crippen LogP contribution in [0.4, 0.5) is 62.6 Å². The number of alkyl halides is 1. The molecule has 1 heterocycles. The highest BCUT2D eigenvalue weighted by Gasteiger charge is 2.42. The van der Waals surface area contributed by atoms with Crippen molar-refractivity contribution in [2.45, 2.75) is 118 Å². The summed E-state index contributed by atoms with van der Waals surface area (Å²) in [4.78, 5) is 105. The van der Waals surface area contributed by atoms with Gasteiger partial charge in [-0.3, -0.25) is 111 Å². The van der Waals surface area contributed by atoms with Crippen molar-refractivity contribution >= 4 is 167 Å². The molecule has 0 amide bonds. The van der Waals surface area contributed by atoms with E-state index in [2.05, 4.69) is 14.9 Å². The van der Waals surface area contributed by atoms with E-state index in [0.29, 0.717) is 85.0 Å². The Balaban J connectivity index is 0.000000202. The van der Waals surface area contributed by atoms with Crippen LogP contribution in [0, 0.1) is 111 Å². The van der Waals surface area contributed by atoms with Crippen molar-refractivity contribution in [2.24, 2.45) is 0 Å². The number of sulfone groups is 6. The van der Waals surface area contributed by atoms with Gasteiger partial charge in [0.05, 0.1) is 116 Å². The Hall–Kier alpha value is -15.6. The summed E-state index contributed by atoms with van der Waals surface area (Å²) in [6.45, 7) is 5.91. The smallest absolute Gasteiger partial charge is 0.300 e. The average molecular weight is 2070 g/mol. The summed E-state index contributed by atoms with van der Waals surface area (Å²) in [7, 11) is -25.0. The van der Waals surface area contributed by atoms with Crippen LogP contribution < -0.4 is 0 Å². The number of nitro groups is 11. The number of nitro benzene ring substituents is 11. The molecule has 0 radical (unpaired) electrons. The number of nitrogens with zero attached hydrogens (tertiary/aromatic N) is 13. The highest BCUT2D eigenvalue weighted by atomic mass is 35.5. The number of rotatable bonds is 25. The highest BCUT2D eigenvalue weighted by molar-refractivity contribution is 7.93. The molecule has 0 spiro atoms. The molecular weight excluding hydrogens is 2010 g/mol. The van der Waals surface area contributed by atoms with Gasteiger partial charge in [0.25, 0.3) is 56.9 Å². The number of aromatic hydroxyl groups is 2. The molecule has 2 N–H and O–H groups in total. The summed E-state index contributed by atoms with van der Waals surface area (Å²) in [6.07, 6.45) is 2.33. The van der Waals surface area contributed by atoms with E-state index in [9.17, 15) is 172 Å². The normalized spacial score (nSPS) is 13.2. The number of phenols is 2. The SMILES string of the molecule is CC(C)(C)c1ccc(S(=O)(=O)c2ccc([N+](=O)[O-])cc2[N+](=O)[O-])cc1.O=S(=O)(c1cc(Cl)ccc1O)c1cc(Cl)ccc1O.O=[N+]([O-])c1ccc(S(=O)(=O)C2CCCCC2Cl)c([N+](=O)[O-])c1.O=[N+]([O-])c1ccc(S(=O)(=O)Cc2ccccc2)c([N+](=O)[O-])c1.O=[N+]([O-])c1ccc(S(=O)(=O)Cc2ccccc2)c2nonc12.O=[N+]([O-])c1ccc(S(=O)(=O)c2ccc([N+](=O)[O-])cc2[N+](=O)[O-])c([N+](=O)[O-])c1. The summed E-state index contributed by atoms with van der Waals surface area (Å²) in [6, 6.07) is 43.1. The zero-order valence-corrected chi connectivity index (χ0v) is 76.5. The first-order valence-corrected chi connectivity index (χ1v) is 48.1. The van der Waals surface area contributed by atoms with Gasteiger partial charge in [0.2, 0.25) is 35.0 Å². The van der Waals surface area contributed by atoms with Crippen LogP contribution in [-0.2, 0) is 75.9 Å². The summed E-state index contributed by atoms with van der Waals surface area (Å²) in [5, 5.41) is 145. The van der Waals surface area contributed by atoms with Crippen LogP contribution in [0.25, 0.3) is 11.0 Å². The molecule has 50 nitrogen and oxygen atoms in total. The maximum absolute atomic E-state index is 12.7. The van der Waals surface area contributed by atoms with Gasteiger partial charge in [-0.15, -0.1) is 11.6 Å². The number of benzene rings is 11. The van der Waals surface area contributed by atoms with Crippen molar-refractivity contribution in [3.63, 3.8) is 0 Å². The van der Waals surface area contributed by atoms with E-state index in [-0.39, 0.29) is 47.7 Å². The van der Waals surface area contributed by atoms with Gasteiger partial charge < -0.3 is 10.2 Å². The number of phenolic OH excluding ortho intramolecular Hbond substituents is 2. The molecule has 2 unspecified atom stereocenters. The van der Waals surface area contributed by atoms with E-state index in [0.717, 1.165) is 84.8 Å². The first-order valence-electron chi connectivity index (χ1n) is 37.6. The van der Waals surface area contributed by atoms with Crippen LogP contribution in [0.15, 0.2) is 273 Å². The number of non-ortho nitro benzene ring substituents is 6. The summed E-state index contributed by atoms with van der Waals surface area (Å²) >= 11 is 17.5. The lowest BCUT2D eigenvalue weighted by atomic mass is 9.87. The molecule has 718 valence electrons. The molecule has 13 rings (SSSR count). The van der Waals surface area contributed by atoms with Crippen molar-refractivity contribution < 1.29 is 120 Å². The topological polar surface area (TPSA) is 759 Å². The van der Waals surface area contributed by atoms with Gasteiger partial charge in [0, 0.05) is 46.4 Å². The van der Waals surface area contributed by atoms with Crippen LogP contribution in [0.3, 0.4) is 0 Å². The molecular formula is C78H62Cl3N13O37S6. The third-order valence-electron chi connectivity index (χ3n) is 19.0. The zero-order valence-electron chi connectivity index (χ0n) is 69.3. The van der Waals surface area contributed by atoms with Gasteiger partial charge in [-0.05, 0) is 130 Å². The van der Waals surface area contributed by atoms with Gasteiger partial charge in [0.15, 0.2) is 35.0 Å². The number of hydrogen-bond acceptors (Lipinski definition) is 39. The van der Waals surface area contributed by atoms with E-state index < -0.39 is 232 Å². The molecule has 1 aliphatic carbocycles. The van der Waals surface area contributed by atoms with E-state index >= 15 is 0 Å². The molecule has 1 aromatic heterocycles. The predicted octanol–water partition coefficient (Wildman–Crippen LogP) is 16.4. The third kappa shape index (κ3) is 25.9. The minimum absolute atomic E-state index is 0.113. The van der Waals surface area contributed by atoms with Gasteiger partial charge >= 0.3 is 5.69 Å². The minimum atomic E-state index is -4.90. The van der Waals surface area contributed by atoms with Crippen LogP contribution >= 0.6 is 34.8 Å². The molecule has 59 heteroatoms. The fraction of sp³-hybridized carbons (Fsp3) is 0.154. The largest absolute Gasteiger partial charge is 0.507 e. The van der Waals surface area contributed by atoms with Crippen molar-refractivity contribution in [1.82, 2.24) is 10.3 Å². The first-order chi connectivity index (χ1) is 63.8. The van der Waals surface area contributed by atoms with Crippen molar-refractivity contribution in [3.05, 3.63) is 362 Å². The lowest BCUT2D eigenvalue weighted by molar-refractivity contribution is -0.396. The van der Waals surface area contributed by atoms with Crippen LogP contribution in [0.5, 0.6) is 11.5 Å². The summed E-state index contributed by atoms with van der Waals surface area (Å²) < 4.78 is 155. The number of aromatic nitrogens is 2. The van der Waals surface area contributed by atoms with E-state index in [1.807, 2.05) is 20.8 Å². The quantitative estimate of drug-likeness (QED) is 0.0305. The number of hydrogen-bond donors (Lipinski definition) is 2. The first kappa shape index (κ1) is 107. The lowest BCUT2D eigenvalue weighted by Crippen LogP contribution is -2.34. The van der Waals surface area contributed by atoms with Crippen LogP contribution in [0.2, 0.25) is 10.0 Å². The monoisotopic (exact) mass is 2070 g/mol. The van der Waals surface area contributed by atoms with Gasteiger partial charge in [-0.2, -0.15) is 0 Å². The molecule has 0 bridgehead atoms. The second-order valence-electron chi connectivity index (χ2n) is 29.0. The molecule has 0 saturated heterocycles. The lowest BCUT2D eigenvalue weighted by Gasteiger charge is -2.26. The molecule has 12 aromatic rings. The summed E-state index contributed by atoms with van der Waals surface area (Å²) in [5.74, 6) is -1.58. The van der Waals surface area contributed by atoms with Crippen LogP contribution in [0.1, 0.15) is 63.1 Å². The second kappa shape index (κ2) is 43.6. The van der Waals surface area contributed by atoms with Crippen molar-refractivity contribution in [2.75, 3.05) is 0 Å². The van der Waals surface area contributed by atoms with Crippen LogP contribution in [-0.4, -0.2) is 136 Å². The molecule has 1 saturated carbocycles. The molecule has 11 aromatic carbocycles. The fourth-order valence-corrected chi connectivity index (χ4v) is 23.1. The maximum atomic E-state index is 12.7. The van der Waals surface area contributed by atoms with Gasteiger partial charge in [-0.25, -0.2) is 55.1 Å². The van der Waals surface area contributed by atoms with Crippen molar-refractivity contribution in [3.8, 4) is 11.5 Å². The number of halogens is 3. The Morgan fingerprint density at radius 1 is 0.336 bits per heavy atom. The Kier molecular flexibility index (Phi) is 34.0. The average Bonchev–Trinajstić information content (AvgIpc) is 1.73. The van der Waals surface area contributed by atoms with Gasteiger partial charge in [-0.1, -0.05) is 130 Å². The molecule has 1 fully saturated rings.